The summed E-state index contributed by atoms with van der Waals surface area (Å²) in [4.78, 5) is 0. The van der Waals surface area contributed by atoms with Gasteiger partial charge in [-0.15, -0.1) is 4.52 Å². The Hall–Kier alpha value is -1.43. The minimum absolute atomic E-state index is 0.817. The van der Waals surface area contributed by atoms with E-state index < -0.39 is 22.7 Å². The SMILES string of the molecule is c1ccc2c(c1)CN1CCN3Cc4ccccc4OP34=NP(N3CCCC3)(N3CCCC3)=NP1(=N4)O2. The van der Waals surface area contributed by atoms with Gasteiger partial charge in [0.05, 0.1) is 0 Å². The first-order valence-corrected chi connectivity index (χ1v) is 17.9. The molecular formula is C24H32N7O2P3. The molecule has 0 aromatic heterocycles. The molecule has 12 heteroatoms. The summed E-state index contributed by atoms with van der Waals surface area (Å²) in [6, 6.07) is 16.9. The van der Waals surface area contributed by atoms with Crippen molar-refractivity contribution in [2.24, 2.45) is 13.5 Å². The third kappa shape index (κ3) is 3.27. The van der Waals surface area contributed by atoms with Gasteiger partial charge in [-0.3, -0.25) is 0 Å². The Kier molecular flexibility index (Phi) is 5.19. The molecule has 6 heterocycles. The molecule has 2 fully saturated rings. The molecule has 2 aromatic rings. The molecule has 190 valence electrons. The van der Waals surface area contributed by atoms with Gasteiger partial charge in [-0.05, 0) is 37.8 Å². The number of para-hydroxylation sites is 2. The largest absolute Gasteiger partial charge is 0.430 e. The molecule has 2 aromatic carbocycles. The van der Waals surface area contributed by atoms with Crippen molar-refractivity contribution >= 4 is 22.7 Å². The zero-order valence-corrected chi connectivity index (χ0v) is 23.1. The number of hydrogen-bond donors (Lipinski definition) is 0. The Labute approximate surface area is 213 Å². The third-order valence-corrected chi connectivity index (χ3v) is 19.1. The van der Waals surface area contributed by atoms with Gasteiger partial charge in [0.2, 0.25) is 7.51 Å². The molecule has 0 saturated carbocycles. The second-order valence-electron chi connectivity index (χ2n) is 10.3. The van der Waals surface area contributed by atoms with Gasteiger partial charge in [0.25, 0.3) is 0 Å². The van der Waals surface area contributed by atoms with Gasteiger partial charge in [-0.25, -0.2) is 18.7 Å². The lowest BCUT2D eigenvalue weighted by Gasteiger charge is -2.46. The van der Waals surface area contributed by atoms with E-state index in [0.717, 1.165) is 63.9 Å². The predicted molar refractivity (Wildman–Crippen MR) is 145 cm³/mol. The number of rotatable bonds is 2. The summed E-state index contributed by atoms with van der Waals surface area (Å²) in [5, 5.41) is 0. The summed E-state index contributed by atoms with van der Waals surface area (Å²) in [6.45, 7) is 7.54. The topological polar surface area (TPSA) is 68.5 Å². The van der Waals surface area contributed by atoms with Crippen molar-refractivity contribution in [2.45, 2.75) is 38.8 Å². The van der Waals surface area contributed by atoms with E-state index in [0.29, 0.717) is 0 Å². The highest BCUT2D eigenvalue weighted by Gasteiger charge is 2.55. The zero-order chi connectivity index (χ0) is 23.8. The molecule has 0 N–H and O–H groups in total. The molecule has 0 aliphatic carbocycles. The van der Waals surface area contributed by atoms with Crippen LogP contribution in [0.2, 0.25) is 0 Å². The van der Waals surface area contributed by atoms with Crippen molar-refractivity contribution in [1.29, 1.82) is 0 Å². The standard InChI is InChI=1S/C24H32N7O2P3/c1-3-11-23-21(9-1)19-30-17-18-31-20-22-10-2-4-12-24(22)33-36(31)26-34(28-13-5-6-14-28,29-15-7-8-16-29)25-35(30,27-36)32-23/h1-4,9-12H,5-8,13-20H2. The van der Waals surface area contributed by atoms with E-state index in [1.165, 1.54) is 36.8 Å². The summed E-state index contributed by atoms with van der Waals surface area (Å²) < 4.78 is 41.4. The highest BCUT2D eigenvalue weighted by Crippen LogP contribution is 2.84. The van der Waals surface area contributed by atoms with Crippen molar-refractivity contribution in [2.75, 3.05) is 39.3 Å². The van der Waals surface area contributed by atoms with Crippen LogP contribution in [0.1, 0.15) is 36.8 Å². The van der Waals surface area contributed by atoms with Crippen LogP contribution in [0.3, 0.4) is 0 Å². The van der Waals surface area contributed by atoms with Gasteiger partial charge in [-0.1, -0.05) is 36.4 Å². The molecule has 36 heavy (non-hydrogen) atoms. The molecule has 2 spiro atoms. The maximum Gasteiger partial charge on any atom is 0.336 e. The summed E-state index contributed by atoms with van der Waals surface area (Å²) in [5.41, 5.74) is 2.44. The average Bonchev–Trinajstić information content (AvgIpc) is 3.61. The van der Waals surface area contributed by atoms with Crippen LogP contribution in [-0.4, -0.2) is 58.0 Å². The summed E-state index contributed by atoms with van der Waals surface area (Å²) >= 11 is 0. The molecule has 9 nitrogen and oxygen atoms in total. The van der Waals surface area contributed by atoms with Gasteiger partial charge in [-0.2, -0.15) is 9.03 Å². The fourth-order valence-electron chi connectivity index (χ4n) is 6.21. The smallest absolute Gasteiger partial charge is 0.336 e. The molecule has 2 bridgehead atoms. The van der Waals surface area contributed by atoms with Crippen molar-refractivity contribution in [3.8, 4) is 11.5 Å². The lowest BCUT2D eigenvalue weighted by molar-refractivity contribution is 0.315. The first kappa shape index (κ1) is 22.5. The highest BCUT2D eigenvalue weighted by atomic mass is 31.3. The Morgan fingerprint density at radius 1 is 0.528 bits per heavy atom. The molecule has 0 amide bonds. The predicted octanol–water partition coefficient (Wildman–Crippen LogP) is 6.83. The van der Waals surface area contributed by atoms with E-state index in [-0.39, 0.29) is 0 Å². The molecule has 0 radical (unpaired) electrons. The van der Waals surface area contributed by atoms with Gasteiger partial charge in [0, 0.05) is 63.5 Å². The molecule has 2 unspecified atom stereocenters. The van der Waals surface area contributed by atoms with Crippen LogP contribution in [-0.2, 0) is 13.1 Å². The van der Waals surface area contributed by atoms with Gasteiger partial charge >= 0.3 is 15.2 Å². The summed E-state index contributed by atoms with van der Waals surface area (Å²) in [7, 11) is -7.86. The monoisotopic (exact) mass is 543 g/mol. The van der Waals surface area contributed by atoms with Gasteiger partial charge < -0.3 is 9.05 Å². The minimum atomic E-state index is -2.72. The van der Waals surface area contributed by atoms with Crippen molar-refractivity contribution < 1.29 is 9.05 Å². The quantitative estimate of drug-likeness (QED) is 0.387. The highest BCUT2D eigenvalue weighted by molar-refractivity contribution is 7.81. The third-order valence-electron chi connectivity index (χ3n) is 8.08. The Morgan fingerprint density at radius 3 is 1.53 bits per heavy atom. The number of nitrogens with zero attached hydrogens (tertiary/aromatic N) is 7. The summed E-state index contributed by atoms with van der Waals surface area (Å²) in [6.07, 6.45) is 4.82. The second kappa shape index (κ2) is 8.28. The van der Waals surface area contributed by atoms with Crippen LogP contribution in [0.25, 0.3) is 0 Å². The maximum atomic E-state index is 7.02. The molecular weight excluding hydrogens is 511 g/mol. The maximum absolute atomic E-state index is 7.02. The lowest BCUT2D eigenvalue weighted by Crippen LogP contribution is -2.32. The lowest BCUT2D eigenvalue weighted by atomic mass is 10.2. The van der Waals surface area contributed by atoms with Crippen molar-refractivity contribution in [1.82, 2.24) is 18.7 Å². The normalized spacial score (nSPS) is 33.3. The van der Waals surface area contributed by atoms with E-state index in [4.69, 9.17) is 22.6 Å². The van der Waals surface area contributed by atoms with E-state index >= 15 is 0 Å². The molecule has 6 aliphatic rings. The summed E-state index contributed by atoms with van der Waals surface area (Å²) in [5.74, 6) is 1.86. The van der Waals surface area contributed by atoms with Crippen LogP contribution in [0, 0.1) is 0 Å². The first-order chi connectivity index (χ1) is 17.7. The van der Waals surface area contributed by atoms with Gasteiger partial charge in [0.1, 0.15) is 11.5 Å². The van der Waals surface area contributed by atoms with Crippen molar-refractivity contribution in [3.05, 3.63) is 59.7 Å². The number of fused-ring (bicyclic) bond motifs is 2. The fourth-order valence-corrected chi connectivity index (χ4v) is 20.0. The Balaban J connectivity index is 1.43. The van der Waals surface area contributed by atoms with Crippen LogP contribution >= 0.6 is 22.7 Å². The van der Waals surface area contributed by atoms with Crippen molar-refractivity contribution in [3.63, 3.8) is 0 Å². The molecule has 8 rings (SSSR count). The van der Waals surface area contributed by atoms with E-state index in [9.17, 15) is 0 Å². The fraction of sp³-hybridized carbons (Fsp3) is 0.500. The number of benzene rings is 2. The molecule has 2 saturated heterocycles. The van der Waals surface area contributed by atoms with Gasteiger partial charge in [0.15, 0.2) is 0 Å². The molecule has 6 aliphatic heterocycles. The Bertz CT molecular complexity index is 1320. The Morgan fingerprint density at radius 2 is 1.00 bits per heavy atom. The molecule has 2 atom stereocenters. The van der Waals surface area contributed by atoms with Crippen LogP contribution in [0.5, 0.6) is 11.5 Å². The van der Waals surface area contributed by atoms with E-state index in [1.54, 1.807) is 0 Å². The second-order valence-corrected chi connectivity index (χ2v) is 18.2. The number of hydrogen-bond acceptors (Lipinski definition) is 9. The van der Waals surface area contributed by atoms with Crippen LogP contribution in [0.15, 0.2) is 62.1 Å². The van der Waals surface area contributed by atoms with Crippen LogP contribution in [0.4, 0.5) is 0 Å². The van der Waals surface area contributed by atoms with Crippen LogP contribution < -0.4 is 9.05 Å². The first-order valence-electron chi connectivity index (χ1n) is 13.2. The zero-order valence-electron chi connectivity index (χ0n) is 20.4. The average molecular weight is 543 g/mol. The van der Waals surface area contributed by atoms with E-state index in [2.05, 4.69) is 67.2 Å². The van der Waals surface area contributed by atoms with E-state index in [1.807, 2.05) is 0 Å². The minimum Gasteiger partial charge on any atom is -0.430 e.